The lowest BCUT2D eigenvalue weighted by Crippen LogP contribution is -2.56. The molecule has 0 N–H and O–H groups in total. The Bertz CT molecular complexity index is 1480. The highest BCUT2D eigenvalue weighted by Crippen LogP contribution is 2.29. The Hall–Kier alpha value is -3.76. The number of hydrogen-bond acceptors (Lipinski definition) is 7. The average Bonchev–Trinajstić information content (AvgIpc) is 3.43. The lowest BCUT2D eigenvalue weighted by Gasteiger charge is -2.40. The van der Waals surface area contributed by atoms with Crippen LogP contribution < -0.4 is 4.74 Å². The number of carbonyl (C=O) groups excluding carboxylic acids is 2. The Labute approximate surface area is 249 Å². The van der Waals surface area contributed by atoms with Gasteiger partial charge in [-0.25, -0.2) is 0 Å². The van der Waals surface area contributed by atoms with Crippen LogP contribution >= 0.6 is 23.5 Å². The number of aromatic nitrogens is 3. The molecule has 1 aromatic heterocycles. The first-order valence-corrected chi connectivity index (χ1v) is 15.4. The molecule has 1 aliphatic rings. The maximum Gasteiger partial charge on any atom is 0.233 e. The zero-order chi connectivity index (χ0) is 28.8. The van der Waals surface area contributed by atoms with Crippen molar-refractivity contribution in [1.82, 2.24) is 24.6 Å². The molecule has 0 radical (unpaired) electrons. The molecule has 0 saturated carbocycles. The van der Waals surface area contributed by atoms with Gasteiger partial charge in [0.15, 0.2) is 11.0 Å². The van der Waals surface area contributed by atoms with Crippen LogP contribution in [0, 0.1) is 6.92 Å². The van der Waals surface area contributed by atoms with Crippen molar-refractivity contribution in [2.75, 3.05) is 38.2 Å². The monoisotopic (exact) mass is 587 g/mol. The molecule has 5 rings (SSSR count). The van der Waals surface area contributed by atoms with Crippen molar-refractivity contribution in [2.45, 2.75) is 29.9 Å². The molecule has 41 heavy (non-hydrogen) atoms. The second-order valence-corrected chi connectivity index (χ2v) is 11.9. The van der Waals surface area contributed by atoms with Gasteiger partial charge in [0.05, 0.1) is 18.6 Å². The first-order valence-electron chi connectivity index (χ1n) is 13.5. The summed E-state index contributed by atoms with van der Waals surface area (Å²) in [7, 11) is 1.64. The SMILES string of the molecule is COc1ccc(-n2c(SCC(=O)N3CCN(C(=O)CSc4ccccc4)C(C)C3)nnc2-c2ccc(C)cc2)cc1. The predicted molar refractivity (Wildman–Crippen MR) is 164 cm³/mol. The molecular formula is C31H33N5O3S2. The fourth-order valence-electron chi connectivity index (χ4n) is 4.73. The largest absolute Gasteiger partial charge is 0.497 e. The van der Waals surface area contributed by atoms with E-state index in [0.717, 1.165) is 27.5 Å². The van der Waals surface area contributed by atoms with Gasteiger partial charge in [0, 0.05) is 41.8 Å². The minimum absolute atomic E-state index is 0.0220. The van der Waals surface area contributed by atoms with E-state index >= 15 is 0 Å². The van der Waals surface area contributed by atoms with Gasteiger partial charge in [-0.2, -0.15) is 0 Å². The predicted octanol–water partition coefficient (Wildman–Crippen LogP) is 5.20. The first-order chi connectivity index (χ1) is 19.9. The van der Waals surface area contributed by atoms with E-state index in [2.05, 4.69) is 10.2 Å². The molecule has 3 aromatic carbocycles. The number of methoxy groups -OCH3 is 1. The summed E-state index contributed by atoms with van der Waals surface area (Å²) < 4.78 is 7.31. The summed E-state index contributed by atoms with van der Waals surface area (Å²) in [6, 6.07) is 25.7. The van der Waals surface area contributed by atoms with Crippen molar-refractivity contribution >= 4 is 35.3 Å². The number of benzene rings is 3. The molecule has 0 spiro atoms. The number of aryl methyl sites for hydroxylation is 1. The fraction of sp³-hybridized carbons (Fsp3) is 0.290. The molecule has 1 unspecified atom stereocenters. The number of ether oxygens (including phenoxy) is 1. The van der Waals surface area contributed by atoms with Crippen LogP contribution in [-0.4, -0.2) is 80.7 Å². The molecular weight excluding hydrogens is 555 g/mol. The Morgan fingerprint density at radius 3 is 2.27 bits per heavy atom. The Balaban J connectivity index is 1.24. The third-order valence-corrected chi connectivity index (χ3v) is 8.92. The van der Waals surface area contributed by atoms with Gasteiger partial charge < -0.3 is 14.5 Å². The number of rotatable bonds is 9. The van der Waals surface area contributed by atoms with E-state index < -0.39 is 0 Å². The summed E-state index contributed by atoms with van der Waals surface area (Å²) in [5, 5.41) is 9.60. The van der Waals surface area contributed by atoms with E-state index in [-0.39, 0.29) is 23.6 Å². The number of nitrogens with zero attached hydrogens (tertiary/aromatic N) is 5. The molecule has 1 atom stereocenters. The highest BCUT2D eigenvalue weighted by Gasteiger charge is 2.30. The lowest BCUT2D eigenvalue weighted by molar-refractivity contribution is -0.139. The Kier molecular flexibility index (Phi) is 9.31. The van der Waals surface area contributed by atoms with Gasteiger partial charge in [-0.1, -0.05) is 59.8 Å². The van der Waals surface area contributed by atoms with Crippen LogP contribution in [-0.2, 0) is 9.59 Å². The maximum atomic E-state index is 13.3. The maximum absolute atomic E-state index is 13.3. The molecule has 10 heteroatoms. The molecule has 1 saturated heterocycles. The van der Waals surface area contributed by atoms with Gasteiger partial charge in [-0.15, -0.1) is 22.0 Å². The van der Waals surface area contributed by atoms with Crippen molar-refractivity contribution < 1.29 is 14.3 Å². The van der Waals surface area contributed by atoms with Crippen LogP contribution in [0.25, 0.3) is 17.1 Å². The second-order valence-electron chi connectivity index (χ2n) is 9.87. The van der Waals surface area contributed by atoms with Crippen LogP contribution in [0.1, 0.15) is 12.5 Å². The number of amides is 2. The zero-order valence-corrected chi connectivity index (χ0v) is 25.0. The highest BCUT2D eigenvalue weighted by atomic mass is 32.2. The van der Waals surface area contributed by atoms with Gasteiger partial charge in [0.2, 0.25) is 11.8 Å². The Morgan fingerprint density at radius 1 is 0.878 bits per heavy atom. The molecule has 1 aliphatic heterocycles. The molecule has 0 bridgehead atoms. The molecule has 0 aliphatic carbocycles. The quantitative estimate of drug-likeness (QED) is 0.249. The lowest BCUT2D eigenvalue weighted by atomic mass is 10.1. The van der Waals surface area contributed by atoms with Crippen molar-refractivity contribution in [3.05, 3.63) is 84.4 Å². The minimum Gasteiger partial charge on any atom is -0.497 e. The summed E-state index contributed by atoms with van der Waals surface area (Å²) in [5.74, 6) is 2.21. The fourth-order valence-corrected chi connectivity index (χ4v) is 6.39. The zero-order valence-electron chi connectivity index (χ0n) is 23.4. The first kappa shape index (κ1) is 28.8. The smallest absolute Gasteiger partial charge is 0.233 e. The van der Waals surface area contributed by atoms with Crippen molar-refractivity contribution in [2.24, 2.45) is 0 Å². The van der Waals surface area contributed by atoms with Crippen molar-refractivity contribution in [3.63, 3.8) is 0 Å². The van der Waals surface area contributed by atoms with E-state index in [1.165, 1.54) is 11.8 Å². The molecule has 2 amide bonds. The van der Waals surface area contributed by atoms with E-state index in [1.807, 2.05) is 107 Å². The van der Waals surface area contributed by atoms with Gasteiger partial charge in [0.1, 0.15) is 5.75 Å². The minimum atomic E-state index is -0.0438. The Morgan fingerprint density at radius 2 is 1.59 bits per heavy atom. The normalized spacial score (nSPS) is 15.1. The van der Waals surface area contributed by atoms with Crippen LogP contribution in [0.2, 0.25) is 0 Å². The molecule has 1 fully saturated rings. The van der Waals surface area contributed by atoms with Crippen molar-refractivity contribution in [3.8, 4) is 22.8 Å². The van der Waals surface area contributed by atoms with Gasteiger partial charge in [-0.05, 0) is 50.2 Å². The number of carbonyl (C=O) groups is 2. The van der Waals surface area contributed by atoms with Crippen LogP contribution in [0.4, 0.5) is 0 Å². The van der Waals surface area contributed by atoms with Gasteiger partial charge in [0.25, 0.3) is 0 Å². The van der Waals surface area contributed by atoms with E-state index in [0.29, 0.717) is 36.4 Å². The highest BCUT2D eigenvalue weighted by molar-refractivity contribution is 8.00. The molecule has 2 heterocycles. The van der Waals surface area contributed by atoms with Crippen LogP contribution in [0.5, 0.6) is 5.75 Å². The summed E-state index contributed by atoms with van der Waals surface area (Å²) in [6.45, 7) is 5.62. The number of piperazine rings is 1. The second kappa shape index (κ2) is 13.3. The summed E-state index contributed by atoms with van der Waals surface area (Å²) in [5.41, 5.74) is 2.99. The third kappa shape index (κ3) is 6.94. The van der Waals surface area contributed by atoms with Crippen LogP contribution in [0.3, 0.4) is 0 Å². The molecule has 4 aromatic rings. The van der Waals surface area contributed by atoms with E-state index in [1.54, 1.807) is 18.9 Å². The summed E-state index contributed by atoms with van der Waals surface area (Å²) >= 11 is 2.91. The van der Waals surface area contributed by atoms with E-state index in [9.17, 15) is 9.59 Å². The topological polar surface area (TPSA) is 80.6 Å². The number of thioether (sulfide) groups is 2. The van der Waals surface area contributed by atoms with Gasteiger partial charge in [-0.3, -0.25) is 14.2 Å². The molecule has 8 nitrogen and oxygen atoms in total. The summed E-state index contributed by atoms with van der Waals surface area (Å²) in [4.78, 5) is 31.0. The standard InChI is InChI=1S/C31H33N5O3S2/c1-22-9-11-24(12-10-22)30-32-33-31(36(30)25-13-15-26(39-3)16-14-25)41-20-28(37)34-17-18-35(23(2)19-34)29(38)21-40-27-7-5-4-6-8-27/h4-16,23H,17-21H2,1-3H3. The summed E-state index contributed by atoms with van der Waals surface area (Å²) in [6.07, 6.45) is 0. The van der Waals surface area contributed by atoms with Gasteiger partial charge >= 0.3 is 0 Å². The number of hydrogen-bond donors (Lipinski definition) is 0. The van der Waals surface area contributed by atoms with Crippen LogP contribution in [0.15, 0.2) is 88.9 Å². The van der Waals surface area contributed by atoms with E-state index in [4.69, 9.17) is 4.74 Å². The average molecular weight is 588 g/mol. The molecule has 212 valence electrons. The van der Waals surface area contributed by atoms with Crippen molar-refractivity contribution in [1.29, 1.82) is 0 Å². The third-order valence-electron chi connectivity index (χ3n) is 7.00.